The fraction of sp³-hybridized carbons (Fsp3) is 0.0667. The summed E-state index contributed by atoms with van der Waals surface area (Å²) in [6.07, 6.45) is 3.00. The van der Waals surface area contributed by atoms with Gasteiger partial charge in [0.1, 0.15) is 5.71 Å². The summed E-state index contributed by atoms with van der Waals surface area (Å²) < 4.78 is 0. The number of hydrogen-bond acceptors (Lipinski definition) is 4. The van der Waals surface area contributed by atoms with Crippen molar-refractivity contribution in [3.8, 4) is 0 Å². The van der Waals surface area contributed by atoms with Gasteiger partial charge in [0, 0.05) is 28.7 Å². The molecule has 0 radical (unpaired) electrons. The van der Waals surface area contributed by atoms with E-state index in [2.05, 4.69) is 20.8 Å². The van der Waals surface area contributed by atoms with Crippen molar-refractivity contribution < 1.29 is 9.59 Å². The molecule has 0 bridgehead atoms. The second-order valence-electron chi connectivity index (χ2n) is 4.34. The lowest BCUT2D eigenvalue weighted by Gasteiger charge is -2.05. The molecule has 2 N–H and O–H groups in total. The van der Waals surface area contributed by atoms with Crippen LogP contribution in [0.4, 0.5) is 5.69 Å². The van der Waals surface area contributed by atoms with Crippen LogP contribution in [-0.4, -0.2) is 22.5 Å². The molecule has 2 amide bonds. The van der Waals surface area contributed by atoms with Crippen molar-refractivity contribution in [1.29, 1.82) is 0 Å². The van der Waals surface area contributed by atoms with Gasteiger partial charge in [-0.15, -0.1) is 0 Å². The highest BCUT2D eigenvalue weighted by Gasteiger charge is 2.08. The number of carbonyl (C=O) groups is 2. The lowest BCUT2D eigenvalue weighted by atomic mass is 10.2. The molecular weight excluding hydrogens is 304 g/mol. The van der Waals surface area contributed by atoms with Crippen LogP contribution in [0.2, 0.25) is 5.02 Å². The van der Waals surface area contributed by atoms with Crippen LogP contribution >= 0.6 is 11.6 Å². The molecule has 2 rings (SSSR count). The van der Waals surface area contributed by atoms with Crippen LogP contribution in [0, 0.1) is 0 Å². The topological polar surface area (TPSA) is 83.5 Å². The fourth-order valence-electron chi connectivity index (χ4n) is 1.51. The highest BCUT2D eigenvalue weighted by atomic mass is 35.5. The molecule has 0 atom stereocenters. The number of nitrogens with one attached hydrogen (secondary N) is 2. The van der Waals surface area contributed by atoms with Gasteiger partial charge in [0.2, 0.25) is 0 Å². The average molecular weight is 317 g/mol. The quantitative estimate of drug-likeness (QED) is 0.671. The molecule has 0 aliphatic rings. The minimum atomic E-state index is -0.419. The molecule has 0 aliphatic carbocycles. The van der Waals surface area contributed by atoms with Crippen LogP contribution in [-0.2, 0) is 4.79 Å². The maximum absolute atomic E-state index is 11.9. The second kappa shape index (κ2) is 7.33. The Hall–Kier alpha value is -2.73. The van der Waals surface area contributed by atoms with E-state index in [4.69, 9.17) is 11.6 Å². The van der Waals surface area contributed by atoms with Crippen molar-refractivity contribution >= 4 is 34.8 Å². The van der Waals surface area contributed by atoms with E-state index < -0.39 is 11.8 Å². The number of hydrazone groups is 1. The van der Waals surface area contributed by atoms with Gasteiger partial charge in [-0.05, 0) is 43.3 Å². The Morgan fingerprint density at radius 3 is 2.36 bits per heavy atom. The van der Waals surface area contributed by atoms with E-state index in [1.54, 1.807) is 36.4 Å². The summed E-state index contributed by atoms with van der Waals surface area (Å²) in [5.41, 5.74) is 3.43. The highest BCUT2D eigenvalue weighted by Crippen LogP contribution is 2.13. The Balaban J connectivity index is 1.95. The molecule has 1 aromatic heterocycles. The normalized spacial score (nSPS) is 10.9. The monoisotopic (exact) mass is 316 g/mol. The number of halogens is 1. The van der Waals surface area contributed by atoms with Crippen LogP contribution in [0.5, 0.6) is 0 Å². The van der Waals surface area contributed by atoms with Crippen molar-refractivity contribution in [2.75, 3.05) is 5.32 Å². The molecule has 0 saturated heterocycles. The van der Waals surface area contributed by atoms with Gasteiger partial charge in [0.05, 0.1) is 0 Å². The molecule has 22 heavy (non-hydrogen) atoms. The van der Waals surface area contributed by atoms with Crippen molar-refractivity contribution in [3.05, 3.63) is 59.4 Å². The summed E-state index contributed by atoms with van der Waals surface area (Å²) in [7, 11) is 0. The first kappa shape index (κ1) is 15.7. The van der Waals surface area contributed by atoms with Crippen molar-refractivity contribution in [1.82, 2.24) is 10.4 Å². The van der Waals surface area contributed by atoms with Crippen LogP contribution < -0.4 is 10.7 Å². The number of amides is 2. The van der Waals surface area contributed by atoms with Gasteiger partial charge in [0.15, 0.2) is 0 Å². The predicted molar refractivity (Wildman–Crippen MR) is 84.9 cm³/mol. The van der Waals surface area contributed by atoms with E-state index in [1.807, 2.05) is 0 Å². The number of aromatic nitrogens is 1. The summed E-state index contributed by atoms with van der Waals surface area (Å²) >= 11 is 5.77. The van der Waals surface area contributed by atoms with Crippen LogP contribution in [0.3, 0.4) is 0 Å². The Morgan fingerprint density at radius 2 is 1.73 bits per heavy atom. The smallest absolute Gasteiger partial charge is 0.271 e. The second-order valence-corrected chi connectivity index (χ2v) is 4.77. The molecule has 0 aliphatic heterocycles. The number of hydrogen-bond donors (Lipinski definition) is 2. The molecule has 1 heterocycles. The van der Waals surface area contributed by atoms with E-state index in [9.17, 15) is 9.59 Å². The van der Waals surface area contributed by atoms with Crippen molar-refractivity contribution in [2.24, 2.45) is 5.10 Å². The Kier molecular flexibility index (Phi) is 5.21. The number of anilines is 1. The van der Waals surface area contributed by atoms with Gasteiger partial charge in [-0.2, -0.15) is 5.10 Å². The minimum Gasteiger partial charge on any atom is -0.321 e. The molecular formula is C15H13ClN4O2. The summed E-state index contributed by atoms with van der Waals surface area (Å²) in [5, 5.41) is 6.99. The van der Waals surface area contributed by atoms with Gasteiger partial charge in [0.25, 0.3) is 11.8 Å². The predicted octanol–water partition coefficient (Wildman–Crippen LogP) is 2.48. The van der Waals surface area contributed by atoms with E-state index in [-0.39, 0.29) is 5.71 Å². The lowest BCUT2D eigenvalue weighted by Crippen LogP contribution is -2.25. The van der Waals surface area contributed by atoms with E-state index in [0.29, 0.717) is 16.3 Å². The molecule has 7 heteroatoms. The third-order valence-electron chi connectivity index (χ3n) is 2.70. The Labute approximate surface area is 132 Å². The molecule has 112 valence electrons. The molecule has 0 unspecified atom stereocenters. The zero-order valence-electron chi connectivity index (χ0n) is 11.7. The standard InChI is InChI=1S/C15H13ClN4O2/c1-10(14(21)18-13-4-2-12(16)3-5-13)19-20-15(22)11-6-8-17-9-7-11/h2-9H,1H3,(H,18,21)(H,20,22)/b19-10+. The maximum Gasteiger partial charge on any atom is 0.271 e. The Morgan fingerprint density at radius 1 is 1.09 bits per heavy atom. The first-order valence-corrected chi connectivity index (χ1v) is 6.75. The molecule has 0 spiro atoms. The number of carbonyl (C=O) groups excluding carboxylic acids is 2. The number of benzene rings is 1. The largest absolute Gasteiger partial charge is 0.321 e. The first-order valence-electron chi connectivity index (χ1n) is 6.38. The minimum absolute atomic E-state index is 0.123. The van der Waals surface area contributed by atoms with Crippen molar-refractivity contribution in [2.45, 2.75) is 6.92 Å². The number of nitrogens with zero attached hydrogens (tertiary/aromatic N) is 2. The molecule has 1 aromatic carbocycles. The summed E-state index contributed by atoms with van der Waals surface area (Å²) in [4.78, 5) is 27.5. The Bertz CT molecular complexity index is 699. The van der Waals surface area contributed by atoms with Crippen LogP contribution in [0.15, 0.2) is 53.9 Å². The fourth-order valence-corrected chi connectivity index (χ4v) is 1.63. The molecule has 0 saturated carbocycles. The number of rotatable bonds is 4. The van der Waals surface area contributed by atoms with E-state index in [1.165, 1.54) is 19.3 Å². The van der Waals surface area contributed by atoms with Gasteiger partial charge < -0.3 is 5.32 Å². The molecule has 0 fully saturated rings. The zero-order chi connectivity index (χ0) is 15.9. The van der Waals surface area contributed by atoms with Gasteiger partial charge in [-0.1, -0.05) is 11.6 Å². The van der Waals surface area contributed by atoms with Gasteiger partial charge in [-0.3, -0.25) is 14.6 Å². The zero-order valence-corrected chi connectivity index (χ0v) is 12.5. The van der Waals surface area contributed by atoms with E-state index >= 15 is 0 Å². The maximum atomic E-state index is 11.9. The third-order valence-corrected chi connectivity index (χ3v) is 2.95. The number of pyridine rings is 1. The molecule has 6 nitrogen and oxygen atoms in total. The summed E-state index contributed by atoms with van der Waals surface area (Å²) in [6.45, 7) is 1.50. The average Bonchev–Trinajstić information content (AvgIpc) is 2.55. The summed E-state index contributed by atoms with van der Waals surface area (Å²) in [5.74, 6) is -0.835. The van der Waals surface area contributed by atoms with Gasteiger partial charge in [-0.25, -0.2) is 5.43 Å². The highest BCUT2D eigenvalue weighted by molar-refractivity contribution is 6.42. The van der Waals surface area contributed by atoms with Crippen LogP contribution in [0.25, 0.3) is 0 Å². The van der Waals surface area contributed by atoms with Crippen molar-refractivity contribution in [3.63, 3.8) is 0 Å². The lowest BCUT2D eigenvalue weighted by molar-refractivity contribution is -0.110. The first-order chi connectivity index (χ1) is 10.6. The van der Waals surface area contributed by atoms with E-state index in [0.717, 1.165) is 0 Å². The third kappa shape index (κ3) is 4.39. The summed E-state index contributed by atoms with van der Waals surface area (Å²) in [6, 6.07) is 9.76. The van der Waals surface area contributed by atoms with Crippen LogP contribution in [0.1, 0.15) is 17.3 Å². The SMILES string of the molecule is C/C(=N\NC(=O)c1ccncc1)C(=O)Nc1ccc(Cl)cc1. The molecule has 2 aromatic rings. The van der Waals surface area contributed by atoms with Gasteiger partial charge >= 0.3 is 0 Å².